The molecule has 0 radical (unpaired) electrons. The number of halogens is 2. The van der Waals surface area contributed by atoms with Gasteiger partial charge in [-0.1, -0.05) is 11.6 Å². The van der Waals surface area contributed by atoms with Crippen LogP contribution < -0.4 is 4.74 Å². The summed E-state index contributed by atoms with van der Waals surface area (Å²) in [4.78, 5) is 6.37. The second-order valence-electron chi connectivity index (χ2n) is 6.95. The van der Waals surface area contributed by atoms with Crippen molar-refractivity contribution in [3.05, 3.63) is 34.0 Å². The SMILES string of the molecule is Cc1cc(N=CN(C)C(C)C)c(Cl)cc1Oc1snc(C(C)(C)F)c1C#N. The summed E-state index contributed by atoms with van der Waals surface area (Å²) in [6.07, 6.45) is 1.72. The maximum absolute atomic E-state index is 14.2. The fourth-order valence-electron chi connectivity index (χ4n) is 2.09. The van der Waals surface area contributed by atoms with Gasteiger partial charge >= 0.3 is 0 Å². The van der Waals surface area contributed by atoms with Crippen LogP contribution in [0.2, 0.25) is 5.02 Å². The molecule has 0 fully saturated rings. The van der Waals surface area contributed by atoms with Gasteiger partial charge in [-0.2, -0.15) is 9.64 Å². The third kappa shape index (κ3) is 4.96. The number of hydrogen-bond acceptors (Lipinski definition) is 5. The zero-order chi connectivity index (χ0) is 20.4. The minimum atomic E-state index is -1.73. The molecule has 2 aromatic rings. The summed E-state index contributed by atoms with van der Waals surface area (Å²) in [5, 5.41) is 10.0. The number of nitriles is 1. The van der Waals surface area contributed by atoms with Crippen molar-refractivity contribution < 1.29 is 9.13 Å². The number of aryl methyl sites for hydroxylation is 1. The van der Waals surface area contributed by atoms with Gasteiger partial charge in [-0.15, -0.1) is 0 Å². The molecule has 0 saturated carbocycles. The molecule has 2 rings (SSSR count). The highest BCUT2D eigenvalue weighted by molar-refractivity contribution is 7.08. The fraction of sp³-hybridized carbons (Fsp3) is 0.421. The first-order valence-electron chi connectivity index (χ1n) is 8.37. The quantitative estimate of drug-likeness (QED) is 0.436. The molecule has 5 nitrogen and oxygen atoms in total. The Morgan fingerprint density at radius 1 is 1.44 bits per heavy atom. The Morgan fingerprint density at radius 2 is 2.11 bits per heavy atom. The van der Waals surface area contributed by atoms with Crippen molar-refractivity contribution in [2.75, 3.05) is 7.05 Å². The van der Waals surface area contributed by atoms with Crippen molar-refractivity contribution in [1.29, 1.82) is 5.26 Å². The van der Waals surface area contributed by atoms with Crippen LogP contribution in [-0.2, 0) is 5.67 Å². The van der Waals surface area contributed by atoms with Crippen molar-refractivity contribution >= 4 is 35.2 Å². The predicted octanol–water partition coefficient (Wildman–Crippen LogP) is 5.97. The van der Waals surface area contributed by atoms with E-state index in [1.807, 2.05) is 24.9 Å². The van der Waals surface area contributed by atoms with Crippen molar-refractivity contribution in [2.45, 2.75) is 46.3 Å². The van der Waals surface area contributed by atoms with Crippen LogP contribution in [-0.4, -0.2) is 28.7 Å². The minimum Gasteiger partial charge on any atom is -0.443 e. The van der Waals surface area contributed by atoms with Crippen LogP contribution in [0.15, 0.2) is 17.1 Å². The Balaban J connectivity index is 2.33. The third-order valence-corrected chi connectivity index (χ3v) is 5.01. The van der Waals surface area contributed by atoms with Crippen LogP contribution in [0.5, 0.6) is 10.8 Å². The molecule has 0 spiro atoms. The van der Waals surface area contributed by atoms with Crippen LogP contribution in [0.3, 0.4) is 0 Å². The highest BCUT2D eigenvalue weighted by Gasteiger charge is 2.29. The number of hydrogen-bond donors (Lipinski definition) is 0. The van der Waals surface area contributed by atoms with Gasteiger partial charge in [0.1, 0.15) is 28.7 Å². The lowest BCUT2D eigenvalue weighted by atomic mass is 10.0. The van der Waals surface area contributed by atoms with Gasteiger partial charge in [0.2, 0.25) is 5.06 Å². The van der Waals surface area contributed by atoms with E-state index in [2.05, 4.69) is 23.2 Å². The summed E-state index contributed by atoms with van der Waals surface area (Å²) in [5.41, 5.74) is -0.145. The summed E-state index contributed by atoms with van der Waals surface area (Å²) in [7, 11) is 1.93. The average molecular weight is 409 g/mol. The normalized spacial score (nSPS) is 11.9. The molecule has 1 aromatic carbocycles. The largest absolute Gasteiger partial charge is 0.443 e. The van der Waals surface area contributed by atoms with Gasteiger partial charge in [0, 0.05) is 30.7 Å². The summed E-state index contributed by atoms with van der Waals surface area (Å²) in [6, 6.07) is 5.74. The van der Waals surface area contributed by atoms with E-state index in [-0.39, 0.29) is 16.3 Å². The van der Waals surface area contributed by atoms with E-state index in [9.17, 15) is 9.65 Å². The Hall–Kier alpha value is -2.17. The first kappa shape index (κ1) is 21.1. The zero-order valence-electron chi connectivity index (χ0n) is 16.2. The van der Waals surface area contributed by atoms with E-state index >= 15 is 0 Å². The smallest absolute Gasteiger partial charge is 0.218 e. The molecule has 0 unspecified atom stereocenters. The first-order valence-corrected chi connectivity index (χ1v) is 9.53. The highest BCUT2D eigenvalue weighted by atomic mass is 35.5. The second-order valence-corrected chi connectivity index (χ2v) is 8.10. The molecule has 1 heterocycles. The number of benzene rings is 1. The fourth-order valence-corrected chi connectivity index (χ4v) is 3.14. The average Bonchev–Trinajstić information content (AvgIpc) is 2.99. The summed E-state index contributed by atoms with van der Waals surface area (Å²) in [6.45, 7) is 8.69. The van der Waals surface area contributed by atoms with Gasteiger partial charge in [0.05, 0.1) is 17.0 Å². The number of aromatic nitrogens is 1. The van der Waals surface area contributed by atoms with Crippen LogP contribution in [0.4, 0.5) is 10.1 Å². The van der Waals surface area contributed by atoms with E-state index in [0.717, 1.165) is 17.1 Å². The first-order chi connectivity index (χ1) is 12.5. The van der Waals surface area contributed by atoms with Gasteiger partial charge < -0.3 is 9.64 Å². The van der Waals surface area contributed by atoms with Crippen LogP contribution in [0.25, 0.3) is 0 Å². The molecule has 0 saturated heterocycles. The zero-order valence-corrected chi connectivity index (χ0v) is 17.7. The summed E-state index contributed by atoms with van der Waals surface area (Å²) >= 11 is 7.28. The predicted molar refractivity (Wildman–Crippen MR) is 108 cm³/mol. The lowest BCUT2D eigenvalue weighted by Crippen LogP contribution is -2.24. The lowest BCUT2D eigenvalue weighted by molar-refractivity contribution is 0.215. The van der Waals surface area contributed by atoms with Gasteiger partial charge in [-0.3, -0.25) is 0 Å². The molecule has 8 heteroatoms. The minimum absolute atomic E-state index is 0.0756. The lowest BCUT2D eigenvalue weighted by Gasteiger charge is -2.17. The number of nitrogens with zero attached hydrogens (tertiary/aromatic N) is 4. The molecule has 0 atom stereocenters. The molecule has 0 aliphatic carbocycles. The maximum atomic E-state index is 14.2. The van der Waals surface area contributed by atoms with Gasteiger partial charge in [-0.25, -0.2) is 9.38 Å². The number of rotatable bonds is 6. The highest BCUT2D eigenvalue weighted by Crippen LogP contribution is 2.40. The molecular weight excluding hydrogens is 387 g/mol. The van der Waals surface area contributed by atoms with Crippen molar-refractivity contribution in [1.82, 2.24) is 9.27 Å². The van der Waals surface area contributed by atoms with E-state index in [0.29, 0.717) is 22.5 Å². The third-order valence-electron chi connectivity index (χ3n) is 3.98. The molecule has 0 aliphatic rings. The molecule has 0 bridgehead atoms. The van der Waals surface area contributed by atoms with Crippen molar-refractivity contribution in [3.63, 3.8) is 0 Å². The number of ether oxygens (including phenoxy) is 1. The Kier molecular flexibility index (Phi) is 6.45. The van der Waals surface area contributed by atoms with E-state index in [1.54, 1.807) is 18.5 Å². The van der Waals surface area contributed by atoms with Crippen LogP contribution >= 0.6 is 23.1 Å². The van der Waals surface area contributed by atoms with E-state index in [1.165, 1.54) is 13.8 Å². The molecule has 144 valence electrons. The molecule has 27 heavy (non-hydrogen) atoms. The molecule has 0 N–H and O–H groups in total. The Morgan fingerprint density at radius 3 is 2.67 bits per heavy atom. The second kappa shape index (κ2) is 8.24. The Bertz CT molecular complexity index is 896. The van der Waals surface area contributed by atoms with Crippen molar-refractivity contribution in [3.8, 4) is 16.9 Å². The van der Waals surface area contributed by atoms with Crippen LogP contribution in [0.1, 0.15) is 44.5 Å². The van der Waals surface area contributed by atoms with Gasteiger partial charge in [0.25, 0.3) is 0 Å². The number of aliphatic imine (C=N–C) groups is 1. The summed E-state index contributed by atoms with van der Waals surface area (Å²) < 4.78 is 24.1. The van der Waals surface area contributed by atoms with E-state index < -0.39 is 5.67 Å². The Labute approximate surface area is 168 Å². The molecule has 0 amide bonds. The van der Waals surface area contributed by atoms with Gasteiger partial charge in [-0.05, 0) is 46.2 Å². The summed E-state index contributed by atoms with van der Waals surface area (Å²) in [5.74, 6) is 0.472. The van der Waals surface area contributed by atoms with E-state index in [4.69, 9.17) is 16.3 Å². The van der Waals surface area contributed by atoms with Gasteiger partial charge in [0.15, 0.2) is 0 Å². The molecular formula is C19H22ClFN4OS. The monoisotopic (exact) mass is 408 g/mol. The number of alkyl halides is 1. The molecule has 0 aliphatic heterocycles. The maximum Gasteiger partial charge on any atom is 0.218 e. The standard InChI is InChI=1S/C19H22ClFN4OS/c1-11(2)25(6)10-23-15-7-12(3)16(8-14(15)20)26-18-13(9-22)17(24-27-18)19(4,5)21/h7-8,10-11H,1-6H3. The van der Waals surface area contributed by atoms with Crippen molar-refractivity contribution in [2.24, 2.45) is 4.99 Å². The van der Waals surface area contributed by atoms with Crippen LogP contribution in [0, 0.1) is 18.3 Å². The topological polar surface area (TPSA) is 61.5 Å². The molecule has 1 aromatic heterocycles.